The summed E-state index contributed by atoms with van der Waals surface area (Å²) >= 11 is 0. The van der Waals surface area contributed by atoms with E-state index in [-0.39, 0.29) is 0 Å². The third kappa shape index (κ3) is 19.4. The number of urea groups is 1. The van der Waals surface area contributed by atoms with Crippen molar-refractivity contribution in [3.8, 4) is 0 Å². The Balaban J connectivity index is 0. The fourth-order valence-corrected chi connectivity index (χ4v) is 0.0711. The minimum atomic E-state index is -0.697. The fourth-order valence-electron chi connectivity index (χ4n) is 0.0711. The summed E-state index contributed by atoms with van der Waals surface area (Å²) in [5.41, 5.74) is 8.23. The molecule has 0 spiro atoms. The van der Waals surface area contributed by atoms with Crippen molar-refractivity contribution in [2.45, 2.75) is 0 Å². The van der Waals surface area contributed by atoms with Crippen molar-refractivity contribution in [2.24, 2.45) is 23.3 Å². The normalized spacial score (nSPS) is 6.38. The Morgan fingerprint density at radius 2 is 1.75 bits per heavy atom. The maximum Gasteiger partial charge on any atom is 0.327 e. The van der Waals surface area contributed by atoms with Crippen LogP contribution < -0.4 is 34.2 Å². The summed E-state index contributed by atoms with van der Waals surface area (Å²) in [5.74, 6) is 12.6. The number of carbonyl (C=O) groups excluding carboxylic acids is 1. The molecule has 0 aliphatic rings. The standard InChI is InChI=1S/CH6N4O.H4N2/c2-1(6)4-5-3;1-2/h5H,3H2,(H3,2,4,6);1-2H2. The van der Waals surface area contributed by atoms with Gasteiger partial charge in [-0.25, -0.2) is 4.79 Å². The lowest BCUT2D eigenvalue weighted by Crippen LogP contribution is -2.45. The number of nitrogens with one attached hydrogen (secondary N) is 2. The van der Waals surface area contributed by atoms with E-state index in [1.165, 1.54) is 0 Å². The van der Waals surface area contributed by atoms with E-state index >= 15 is 0 Å². The van der Waals surface area contributed by atoms with Crippen molar-refractivity contribution in [1.82, 2.24) is 11.0 Å². The van der Waals surface area contributed by atoms with Crippen molar-refractivity contribution < 1.29 is 4.79 Å². The van der Waals surface area contributed by atoms with Crippen LogP contribution in [0.15, 0.2) is 0 Å². The zero-order chi connectivity index (χ0) is 6.99. The molecule has 0 aromatic carbocycles. The van der Waals surface area contributed by atoms with Crippen LogP contribution in [0.25, 0.3) is 0 Å². The highest BCUT2D eigenvalue weighted by molar-refractivity contribution is 5.70. The van der Waals surface area contributed by atoms with Gasteiger partial charge in [-0.05, 0) is 0 Å². The molecule has 0 radical (unpaired) electrons. The Kier molecular flexibility index (Phi) is 12.0. The first-order valence-corrected chi connectivity index (χ1v) is 1.61. The van der Waals surface area contributed by atoms with E-state index in [0.717, 1.165) is 0 Å². The number of nitrogens with two attached hydrogens (primary N) is 4. The summed E-state index contributed by atoms with van der Waals surface area (Å²) in [5, 5.41) is 0. The Hall–Kier alpha value is -0.890. The summed E-state index contributed by atoms with van der Waals surface area (Å²) in [7, 11) is 0. The largest absolute Gasteiger partial charge is 0.351 e. The minimum absolute atomic E-state index is 0.697. The van der Waals surface area contributed by atoms with Crippen LogP contribution >= 0.6 is 0 Å². The molecule has 0 heterocycles. The number of hydrogen-bond donors (Lipinski definition) is 6. The molecule has 0 unspecified atom stereocenters. The van der Waals surface area contributed by atoms with Crippen LogP contribution in [0.2, 0.25) is 0 Å². The second kappa shape index (κ2) is 9.44. The van der Waals surface area contributed by atoms with E-state index in [9.17, 15) is 4.79 Å². The molecule has 0 aromatic rings. The number of rotatable bonds is 1. The first-order chi connectivity index (χ1) is 3.77. The Bertz CT molecular complexity index is 52.5. The number of hydrazine groups is 3. The average Bonchev–Trinajstić information content (AvgIpc) is 1.72. The molecule has 0 fully saturated rings. The van der Waals surface area contributed by atoms with Gasteiger partial charge >= 0.3 is 6.03 Å². The molecular formula is CH10N6O. The molecule has 0 atom stereocenters. The van der Waals surface area contributed by atoms with Crippen molar-refractivity contribution >= 4 is 6.03 Å². The Labute approximate surface area is 46.3 Å². The van der Waals surface area contributed by atoms with Crippen molar-refractivity contribution in [3.05, 3.63) is 0 Å². The zero-order valence-electron chi connectivity index (χ0n) is 4.22. The van der Waals surface area contributed by atoms with Crippen LogP contribution in [-0.4, -0.2) is 6.03 Å². The molecule has 10 N–H and O–H groups in total. The van der Waals surface area contributed by atoms with E-state index in [1.54, 1.807) is 0 Å². The number of primary amides is 1. The van der Waals surface area contributed by atoms with Crippen molar-refractivity contribution in [3.63, 3.8) is 0 Å². The van der Waals surface area contributed by atoms with Gasteiger partial charge in [0, 0.05) is 0 Å². The van der Waals surface area contributed by atoms with Gasteiger partial charge in [0.2, 0.25) is 0 Å². The predicted octanol–water partition coefficient (Wildman–Crippen LogP) is -3.15. The summed E-state index contributed by atoms with van der Waals surface area (Å²) in [6, 6.07) is -0.697. The maximum atomic E-state index is 9.57. The minimum Gasteiger partial charge on any atom is -0.351 e. The molecule has 7 heteroatoms. The van der Waals surface area contributed by atoms with E-state index in [4.69, 9.17) is 0 Å². The number of amides is 2. The van der Waals surface area contributed by atoms with Gasteiger partial charge in [0.15, 0.2) is 0 Å². The van der Waals surface area contributed by atoms with Gasteiger partial charge in [0.05, 0.1) is 0 Å². The van der Waals surface area contributed by atoms with Gasteiger partial charge in [-0.2, -0.15) is 5.53 Å². The maximum absolute atomic E-state index is 9.57. The predicted molar refractivity (Wildman–Crippen MR) is 28.4 cm³/mol. The van der Waals surface area contributed by atoms with E-state index in [0.29, 0.717) is 0 Å². The van der Waals surface area contributed by atoms with E-state index in [1.807, 2.05) is 11.0 Å². The topological polar surface area (TPSA) is 145 Å². The molecule has 0 aromatic heterocycles. The summed E-state index contributed by atoms with van der Waals surface area (Å²) in [4.78, 5) is 9.57. The van der Waals surface area contributed by atoms with Crippen LogP contribution in [-0.2, 0) is 0 Å². The summed E-state index contributed by atoms with van der Waals surface area (Å²) in [6.07, 6.45) is 0. The van der Waals surface area contributed by atoms with Crippen molar-refractivity contribution in [2.75, 3.05) is 0 Å². The summed E-state index contributed by atoms with van der Waals surface area (Å²) < 4.78 is 0. The summed E-state index contributed by atoms with van der Waals surface area (Å²) in [6.45, 7) is 0. The van der Waals surface area contributed by atoms with Gasteiger partial charge in [-0.3, -0.25) is 23.0 Å². The second-order valence-corrected chi connectivity index (χ2v) is 0.634. The lowest BCUT2D eigenvalue weighted by molar-refractivity contribution is 0.245. The number of hydrogen-bond acceptors (Lipinski definition) is 5. The zero-order valence-corrected chi connectivity index (χ0v) is 4.22. The second-order valence-electron chi connectivity index (χ2n) is 0.634. The highest BCUT2D eigenvalue weighted by atomic mass is 16.2. The van der Waals surface area contributed by atoms with Crippen LogP contribution in [0, 0.1) is 0 Å². The highest BCUT2D eigenvalue weighted by Crippen LogP contribution is 1.38. The van der Waals surface area contributed by atoms with Gasteiger partial charge < -0.3 is 5.73 Å². The fraction of sp³-hybridized carbons (Fsp3) is 0. The molecule has 0 aliphatic heterocycles. The molecule has 2 amide bonds. The lowest BCUT2D eigenvalue weighted by Gasteiger charge is -1.91. The van der Waals surface area contributed by atoms with E-state index in [2.05, 4.69) is 23.3 Å². The molecule has 8 heavy (non-hydrogen) atoms. The van der Waals surface area contributed by atoms with Gasteiger partial charge in [0.25, 0.3) is 0 Å². The SMILES string of the molecule is NN.NNNC(N)=O. The average molecular weight is 122 g/mol. The molecule has 50 valence electrons. The molecule has 0 saturated carbocycles. The van der Waals surface area contributed by atoms with Crippen LogP contribution in [0.3, 0.4) is 0 Å². The molecular weight excluding hydrogens is 112 g/mol. The molecule has 0 aliphatic carbocycles. The van der Waals surface area contributed by atoms with Crippen LogP contribution in [0.5, 0.6) is 0 Å². The Morgan fingerprint density at radius 3 is 1.75 bits per heavy atom. The highest BCUT2D eigenvalue weighted by Gasteiger charge is 1.78. The van der Waals surface area contributed by atoms with E-state index < -0.39 is 6.03 Å². The molecule has 0 bridgehead atoms. The quantitative estimate of drug-likeness (QED) is 0.161. The molecule has 7 nitrogen and oxygen atoms in total. The van der Waals surface area contributed by atoms with Gasteiger partial charge in [-0.1, -0.05) is 0 Å². The monoisotopic (exact) mass is 122 g/mol. The first kappa shape index (κ1) is 10.2. The van der Waals surface area contributed by atoms with Crippen molar-refractivity contribution in [1.29, 1.82) is 0 Å². The van der Waals surface area contributed by atoms with Crippen LogP contribution in [0.4, 0.5) is 4.79 Å². The Morgan fingerprint density at radius 1 is 1.38 bits per heavy atom. The third-order valence-corrected chi connectivity index (χ3v) is 0.195. The molecule has 0 rings (SSSR count). The third-order valence-electron chi connectivity index (χ3n) is 0.195. The van der Waals surface area contributed by atoms with Gasteiger partial charge in [-0.15, -0.1) is 0 Å². The molecule has 0 saturated heterocycles. The number of carbonyl (C=O) groups is 1. The smallest absolute Gasteiger partial charge is 0.327 e. The first-order valence-electron chi connectivity index (χ1n) is 1.61. The van der Waals surface area contributed by atoms with Gasteiger partial charge in [0.1, 0.15) is 0 Å². The van der Waals surface area contributed by atoms with Crippen LogP contribution in [0.1, 0.15) is 0 Å². The lowest BCUT2D eigenvalue weighted by atomic mass is 11.2.